The number of carbonyl (C=O) groups excluding carboxylic acids is 2. The predicted molar refractivity (Wildman–Crippen MR) is 260 cm³/mol. The fourth-order valence-electron chi connectivity index (χ4n) is 10.1. The largest absolute Gasteiger partial charge is 2.00 e. The first-order valence-electron chi connectivity index (χ1n) is 24.0. The molecule has 5 aliphatic rings. The molecular weight excluding hydrogens is 860 g/mol. The second-order valence-corrected chi connectivity index (χ2v) is 19.4. The van der Waals surface area contributed by atoms with Gasteiger partial charge in [-0.15, -0.1) is 16.8 Å². The van der Waals surface area contributed by atoms with Crippen molar-refractivity contribution < 1.29 is 41.2 Å². The van der Waals surface area contributed by atoms with Crippen LogP contribution >= 0.6 is 0 Å². The molecule has 8 bridgehead atoms. The molecular formula is C55H72CuN4O5. The van der Waals surface area contributed by atoms with Crippen LogP contribution in [0, 0.1) is 42.4 Å². The first kappa shape index (κ1) is 51.5. The molecule has 0 aromatic carbocycles. The number of rotatable bonds is 20. The van der Waals surface area contributed by atoms with Gasteiger partial charge < -0.3 is 19.6 Å². The molecule has 1 aromatic rings. The molecule has 0 N–H and O–H groups in total. The normalized spacial score (nSPS) is 21.2. The van der Waals surface area contributed by atoms with E-state index in [2.05, 4.69) is 62.0 Å². The third-order valence-corrected chi connectivity index (χ3v) is 14.2. The Morgan fingerprint density at radius 2 is 1.54 bits per heavy atom. The smallest absolute Gasteiger partial charge is 0.874 e. The standard InChI is InChI=1S/C55H73N4O5.Cu/c1-13-39-35(8)42-28-44-37(10)41(24-25-48(60)64-27-26-34(7)23-17-22-33(6)21-16-20-32(5)19-15-18-31(3)4)52(58-44)50-51(55(62)63-12)54(61)49-38(11)45(59-53(49)50)30-47-40(14-2)36(9)43(57-47)29-46(39)56-42;/h13,26,28-33,37,41,51H,1,14-25,27H2,2-12H3,(H-,56,57,58,59,61);/q-1;+2/p-1/b34-26+;. The van der Waals surface area contributed by atoms with Crippen molar-refractivity contribution in [2.45, 2.75) is 146 Å². The zero-order chi connectivity index (χ0) is 46.4. The van der Waals surface area contributed by atoms with Gasteiger partial charge in [0.25, 0.3) is 0 Å². The minimum absolute atomic E-state index is 0. The minimum atomic E-state index is -1.22. The van der Waals surface area contributed by atoms with Crippen LogP contribution in [0.4, 0.5) is 0 Å². The number of fused-ring (bicyclic) bond motifs is 5. The van der Waals surface area contributed by atoms with Gasteiger partial charge in [0.2, 0.25) is 0 Å². The van der Waals surface area contributed by atoms with E-state index in [1.807, 2.05) is 44.2 Å². The van der Waals surface area contributed by atoms with E-state index in [1.54, 1.807) is 0 Å². The minimum Gasteiger partial charge on any atom is -0.874 e. The second kappa shape index (κ2) is 22.8. The Balaban J connectivity index is 0.00000793. The molecule has 6 rings (SSSR count). The zero-order valence-electron chi connectivity index (χ0n) is 40.9. The van der Waals surface area contributed by atoms with Gasteiger partial charge >= 0.3 is 29.0 Å². The maximum atomic E-state index is 14.4. The first-order chi connectivity index (χ1) is 30.6. The van der Waals surface area contributed by atoms with Crippen LogP contribution in [-0.4, -0.2) is 42.8 Å². The predicted octanol–water partition coefficient (Wildman–Crippen LogP) is 10.0. The van der Waals surface area contributed by atoms with Crippen molar-refractivity contribution in [3.8, 4) is 0 Å². The van der Waals surface area contributed by atoms with E-state index in [-0.39, 0.29) is 53.7 Å². The molecule has 1 aliphatic carbocycles. The van der Waals surface area contributed by atoms with Crippen LogP contribution < -0.4 is 20.7 Å². The van der Waals surface area contributed by atoms with Crippen LogP contribution in [0.2, 0.25) is 0 Å². The SMILES string of the molecule is C=CC1=C(C)C2=NC1=CC1=NC(=Cc3[n-]c4c(c3C)=C([O-])C(C(=O)OC)C=4C3=NC(=C2)C(C)C3CCC(=O)OC/C=C(\C)CCCC(C)CCCC(C)CCCC(C)C)C(CC)=C1C.[Cu+2]. The first-order valence-corrected chi connectivity index (χ1v) is 24.0. The van der Waals surface area contributed by atoms with Crippen LogP contribution in [-0.2, 0) is 36.1 Å². The molecule has 1 aromatic heterocycles. The van der Waals surface area contributed by atoms with Gasteiger partial charge in [0, 0.05) is 35.2 Å². The summed E-state index contributed by atoms with van der Waals surface area (Å²) in [4.78, 5) is 47.5. The Morgan fingerprint density at radius 3 is 2.18 bits per heavy atom. The molecule has 9 nitrogen and oxygen atoms in total. The van der Waals surface area contributed by atoms with Crippen molar-refractivity contribution in [2.75, 3.05) is 13.7 Å². The van der Waals surface area contributed by atoms with E-state index in [1.165, 1.54) is 57.6 Å². The summed E-state index contributed by atoms with van der Waals surface area (Å²) in [6.07, 6.45) is 22.4. The number of aromatic nitrogens is 1. The molecule has 1 radical (unpaired) electrons. The number of nitrogens with zero attached hydrogens (tertiary/aromatic N) is 4. The van der Waals surface area contributed by atoms with Gasteiger partial charge in [-0.05, 0) is 117 Å². The molecule has 0 fully saturated rings. The summed E-state index contributed by atoms with van der Waals surface area (Å²) in [5.41, 5.74) is 11.4. The molecule has 5 atom stereocenters. The van der Waals surface area contributed by atoms with Crippen LogP contribution in [0.5, 0.6) is 0 Å². The number of hydrogen-bond donors (Lipinski definition) is 0. The average molecular weight is 933 g/mol. The summed E-state index contributed by atoms with van der Waals surface area (Å²) in [5, 5.41) is 15.2. The number of allylic oxidation sites excluding steroid dienone is 8. The number of carbonyl (C=O) groups is 2. The summed E-state index contributed by atoms with van der Waals surface area (Å²) in [7, 11) is 1.30. The summed E-state index contributed by atoms with van der Waals surface area (Å²) >= 11 is 0. The van der Waals surface area contributed by atoms with E-state index < -0.39 is 11.9 Å². The summed E-state index contributed by atoms with van der Waals surface area (Å²) in [5.74, 6) is -0.711. The monoisotopic (exact) mass is 931 g/mol. The number of methoxy groups -OCH3 is 1. The molecule has 0 amide bonds. The Labute approximate surface area is 399 Å². The van der Waals surface area contributed by atoms with E-state index in [9.17, 15) is 14.7 Å². The fraction of sp³-hybridized carbons (Fsp3) is 0.545. The zero-order valence-corrected chi connectivity index (χ0v) is 41.8. The molecule has 4 aliphatic heterocycles. The van der Waals surface area contributed by atoms with E-state index in [0.29, 0.717) is 45.4 Å². The maximum Gasteiger partial charge on any atom is 2.00 e. The molecule has 0 saturated carbocycles. The van der Waals surface area contributed by atoms with Gasteiger partial charge in [0.15, 0.2) is 0 Å². The van der Waals surface area contributed by atoms with Crippen molar-refractivity contribution >= 4 is 46.5 Å². The van der Waals surface area contributed by atoms with Gasteiger partial charge in [-0.2, -0.15) is 0 Å². The number of aliphatic imine (C=N–C) groups is 3. The van der Waals surface area contributed by atoms with Crippen molar-refractivity contribution in [1.29, 1.82) is 0 Å². The Bertz CT molecular complexity index is 2450. The summed E-state index contributed by atoms with van der Waals surface area (Å²) < 4.78 is 11.0. The van der Waals surface area contributed by atoms with E-state index in [0.717, 1.165) is 81.9 Å². The maximum absolute atomic E-state index is 14.4. The molecule has 65 heavy (non-hydrogen) atoms. The quantitative estimate of drug-likeness (QED) is 0.0728. The van der Waals surface area contributed by atoms with Crippen LogP contribution in [0.3, 0.4) is 0 Å². The number of esters is 2. The fourth-order valence-corrected chi connectivity index (χ4v) is 10.1. The van der Waals surface area contributed by atoms with Crippen LogP contribution in [0.25, 0.3) is 17.4 Å². The van der Waals surface area contributed by atoms with Gasteiger partial charge in [-0.3, -0.25) is 14.6 Å². The van der Waals surface area contributed by atoms with Gasteiger partial charge in [-0.25, -0.2) is 9.98 Å². The topological polar surface area (TPSA) is 127 Å². The van der Waals surface area contributed by atoms with Gasteiger partial charge in [0.05, 0.1) is 35.8 Å². The molecule has 0 spiro atoms. The molecule has 0 saturated heterocycles. The molecule has 5 heterocycles. The number of ether oxygens (including phenoxy) is 2. The Hall–Kier alpha value is -4.53. The van der Waals surface area contributed by atoms with Crippen molar-refractivity contribution in [2.24, 2.45) is 50.5 Å². The summed E-state index contributed by atoms with van der Waals surface area (Å²) in [6, 6.07) is 0. The van der Waals surface area contributed by atoms with Crippen molar-refractivity contribution in [3.63, 3.8) is 0 Å². The second-order valence-electron chi connectivity index (χ2n) is 19.4. The molecule has 353 valence electrons. The van der Waals surface area contributed by atoms with E-state index in [4.69, 9.17) is 29.4 Å². The van der Waals surface area contributed by atoms with Crippen molar-refractivity contribution in [1.82, 2.24) is 4.98 Å². The van der Waals surface area contributed by atoms with Crippen LogP contribution in [0.1, 0.15) is 151 Å². The van der Waals surface area contributed by atoms with Crippen LogP contribution in [0.15, 0.2) is 90.8 Å². The van der Waals surface area contributed by atoms with Gasteiger partial charge in [-0.1, -0.05) is 116 Å². The third kappa shape index (κ3) is 11.5. The Kier molecular flexibility index (Phi) is 18.0. The van der Waals surface area contributed by atoms with Gasteiger partial charge in [0.1, 0.15) is 6.61 Å². The summed E-state index contributed by atoms with van der Waals surface area (Å²) in [6.45, 7) is 26.0. The molecule has 10 heteroatoms. The number of hydrogen-bond acceptors (Lipinski definition) is 8. The Morgan fingerprint density at radius 1 is 0.892 bits per heavy atom. The molecule has 5 unspecified atom stereocenters. The average Bonchev–Trinajstić information content (AvgIpc) is 3.99. The van der Waals surface area contributed by atoms with E-state index >= 15 is 0 Å². The third-order valence-electron chi connectivity index (χ3n) is 14.2. The van der Waals surface area contributed by atoms with Crippen molar-refractivity contribution in [3.05, 3.63) is 97.7 Å².